The Labute approximate surface area is 152 Å². The number of carbonyl (C=O) groups excluding carboxylic acids is 2. The summed E-state index contributed by atoms with van der Waals surface area (Å²) in [6, 6.07) is -0.0197. The average Bonchev–Trinajstić information content (AvgIpc) is 3.29. The largest absolute Gasteiger partial charge is 0.349 e. The second-order valence-electron chi connectivity index (χ2n) is 6.41. The number of rotatable bonds is 6. The first kappa shape index (κ1) is 18.0. The predicted molar refractivity (Wildman–Crippen MR) is 94.8 cm³/mol. The number of hydrogen-bond acceptors (Lipinski definition) is 5. The van der Waals surface area contributed by atoms with Crippen LogP contribution in [0.1, 0.15) is 49.9 Å². The number of carbonyl (C=O) groups is 2. The van der Waals surface area contributed by atoms with Gasteiger partial charge in [-0.05, 0) is 12.8 Å². The lowest BCUT2D eigenvalue weighted by Gasteiger charge is -2.22. The maximum atomic E-state index is 12.2. The lowest BCUT2D eigenvalue weighted by molar-refractivity contribution is -0.129. The topological polar surface area (TPSA) is 93.0 Å². The van der Waals surface area contributed by atoms with Crippen LogP contribution in [0.3, 0.4) is 0 Å². The van der Waals surface area contributed by atoms with Crippen molar-refractivity contribution in [1.29, 1.82) is 0 Å². The molecule has 1 aliphatic rings. The highest BCUT2D eigenvalue weighted by atomic mass is 16.2. The second kappa shape index (κ2) is 8.07. The van der Waals surface area contributed by atoms with Crippen molar-refractivity contribution >= 4 is 11.8 Å². The molecule has 138 valence electrons. The molecule has 0 aliphatic carbocycles. The molecule has 1 N–H and O–H groups in total. The summed E-state index contributed by atoms with van der Waals surface area (Å²) in [4.78, 5) is 38.8. The monoisotopic (exact) mass is 356 g/mol. The number of aryl methyl sites for hydroxylation is 1. The molecule has 8 nitrogen and oxygen atoms in total. The zero-order valence-electron chi connectivity index (χ0n) is 15.2. The van der Waals surface area contributed by atoms with Gasteiger partial charge in [-0.3, -0.25) is 19.6 Å². The summed E-state index contributed by atoms with van der Waals surface area (Å²) in [6.07, 6.45) is 9.49. The number of hydrogen-bond donors (Lipinski definition) is 1. The van der Waals surface area contributed by atoms with Crippen molar-refractivity contribution in [1.82, 2.24) is 29.7 Å². The first-order valence-electron chi connectivity index (χ1n) is 8.93. The van der Waals surface area contributed by atoms with Crippen LogP contribution in [0.4, 0.5) is 0 Å². The quantitative estimate of drug-likeness (QED) is 0.840. The van der Waals surface area contributed by atoms with Gasteiger partial charge in [0.25, 0.3) is 0 Å². The maximum Gasteiger partial charge on any atom is 0.240 e. The van der Waals surface area contributed by atoms with Gasteiger partial charge in [0.1, 0.15) is 12.4 Å². The van der Waals surface area contributed by atoms with Crippen molar-refractivity contribution in [2.75, 3.05) is 6.54 Å². The van der Waals surface area contributed by atoms with Gasteiger partial charge in [0.2, 0.25) is 11.8 Å². The van der Waals surface area contributed by atoms with Gasteiger partial charge in [-0.25, -0.2) is 4.98 Å². The van der Waals surface area contributed by atoms with Crippen molar-refractivity contribution in [3.05, 3.63) is 42.0 Å². The number of aromatic nitrogens is 4. The van der Waals surface area contributed by atoms with Gasteiger partial charge in [-0.15, -0.1) is 0 Å². The van der Waals surface area contributed by atoms with Crippen LogP contribution in [0.2, 0.25) is 0 Å². The van der Waals surface area contributed by atoms with Gasteiger partial charge < -0.3 is 14.8 Å². The molecule has 0 aromatic carbocycles. The SMILES string of the molecule is CCc1nccn1CC(=O)NCc1cncc([C@H]2CCCN2C(C)=O)n1. The Kier molecular flexibility index (Phi) is 5.60. The van der Waals surface area contributed by atoms with Crippen LogP contribution in [-0.4, -0.2) is 42.8 Å². The van der Waals surface area contributed by atoms with E-state index in [2.05, 4.69) is 20.3 Å². The normalized spacial score (nSPS) is 16.7. The molecule has 0 unspecified atom stereocenters. The van der Waals surface area contributed by atoms with Gasteiger partial charge in [0.15, 0.2) is 0 Å². The molecule has 1 aliphatic heterocycles. The van der Waals surface area contributed by atoms with Crippen LogP contribution in [0.15, 0.2) is 24.8 Å². The molecule has 1 saturated heterocycles. The Hall–Kier alpha value is -2.77. The van der Waals surface area contributed by atoms with Gasteiger partial charge in [0, 0.05) is 32.3 Å². The molecule has 3 heterocycles. The van der Waals surface area contributed by atoms with E-state index in [1.165, 1.54) is 0 Å². The van der Waals surface area contributed by atoms with E-state index >= 15 is 0 Å². The van der Waals surface area contributed by atoms with Crippen LogP contribution in [0.25, 0.3) is 0 Å². The Morgan fingerprint density at radius 1 is 1.35 bits per heavy atom. The molecular formula is C18H24N6O2. The van der Waals surface area contributed by atoms with Gasteiger partial charge in [-0.1, -0.05) is 6.92 Å². The van der Waals surface area contributed by atoms with E-state index in [0.29, 0.717) is 12.2 Å². The number of amides is 2. The predicted octanol–water partition coefficient (Wildman–Crippen LogP) is 1.24. The highest BCUT2D eigenvalue weighted by molar-refractivity contribution is 5.75. The number of likely N-dealkylation sites (tertiary alicyclic amines) is 1. The van der Waals surface area contributed by atoms with Gasteiger partial charge in [-0.2, -0.15) is 0 Å². The lowest BCUT2D eigenvalue weighted by Crippen LogP contribution is -2.30. The third-order valence-electron chi connectivity index (χ3n) is 4.60. The first-order chi connectivity index (χ1) is 12.6. The van der Waals surface area contributed by atoms with Gasteiger partial charge in [0.05, 0.1) is 36.4 Å². The van der Waals surface area contributed by atoms with Gasteiger partial charge >= 0.3 is 0 Å². The van der Waals surface area contributed by atoms with Crippen molar-refractivity contribution in [2.24, 2.45) is 0 Å². The summed E-state index contributed by atoms with van der Waals surface area (Å²) in [5, 5.41) is 2.87. The average molecular weight is 356 g/mol. The molecule has 2 amide bonds. The van der Waals surface area contributed by atoms with E-state index in [1.807, 2.05) is 16.4 Å². The van der Waals surface area contributed by atoms with Crippen molar-refractivity contribution in [3.63, 3.8) is 0 Å². The van der Waals surface area contributed by atoms with E-state index in [1.54, 1.807) is 31.7 Å². The van der Waals surface area contributed by atoms with Crippen LogP contribution in [0, 0.1) is 0 Å². The molecular weight excluding hydrogens is 332 g/mol. The fraction of sp³-hybridized carbons (Fsp3) is 0.500. The van der Waals surface area contributed by atoms with E-state index < -0.39 is 0 Å². The van der Waals surface area contributed by atoms with Crippen molar-refractivity contribution < 1.29 is 9.59 Å². The number of nitrogens with zero attached hydrogens (tertiary/aromatic N) is 5. The molecule has 0 bridgehead atoms. The Morgan fingerprint density at radius 3 is 2.96 bits per heavy atom. The van der Waals surface area contributed by atoms with E-state index in [-0.39, 0.29) is 24.4 Å². The molecule has 1 atom stereocenters. The fourth-order valence-corrected chi connectivity index (χ4v) is 3.32. The van der Waals surface area contributed by atoms with Crippen LogP contribution < -0.4 is 5.32 Å². The first-order valence-corrected chi connectivity index (χ1v) is 8.93. The van der Waals surface area contributed by atoms with E-state index in [4.69, 9.17) is 0 Å². The van der Waals surface area contributed by atoms with Crippen LogP contribution in [-0.2, 0) is 29.1 Å². The number of imidazole rings is 1. The third-order valence-corrected chi connectivity index (χ3v) is 4.60. The smallest absolute Gasteiger partial charge is 0.240 e. The fourth-order valence-electron chi connectivity index (χ4n) is 3.32. The molecule has 2 aromatic heterocycles. The summed E-state index contributed by atoms with van der Waals surface area (Å²) in [5.41, 5.74) is 1.47. The minimum absolute atomic E-state index is 0.0197. The molecule has 0 spiro atoms. The molecule has 3 rings (SSSR count). The summed E-state index contributed by atoms with van der Waals surface area (Å²) >= 11 is 0. The molecule has 26 heavy (non-hydrogen) atoms. The lowest BCUT2D eigenvalue weighted by atomic mass is 10.1. The minimum atomic E-state index is -0.101. The Morgan fingerprint density at radius 2 is 2.19 bits per heavy atom. The standard InChI is InChI=1S/C18H24N6O2/c1-3-17-20-6-8-23(17)12-18(26)21-10-14-9-19-11-15(22-14)16-5-4-7-24(16)13(2)25/h6,8-9,11,16H,3-5,7,10,12H2,1-2H3,(H,21,26)/t16-/m1/s1. The highest BCUT2D eigenvalue weighted by Crippen LogP contribution is 2.30. The Bertz CT molecular complexity index is 787. The van der Waals surface area contributed by atoms with Crippen LogP contribution >= 0.6 is 0 Å². The van der Waals surface area contributed by atoms with Crippen LogP contribution in [0.5, 0.6) is 0 Å². The third kappa shape index (κ3) is 4.07. The summed E-state index contributed by atoms with van der Waals surface area (Å²) in [5.74, 6) is 0.837. The highest BCUT2D eigenvalue weighted by Gasteiger charge is 2.29. The Balaban J connectivity index is 1.60. The van der Waals surface area contributed by atoms with E-state index in [9.17, 15) is 9.59 Å². The van der Waals surface area contributed by atoms with Crippen molar-refractivity contribution in [2.45, 2.75) is 52.2 Å². The molecule has 1 fully saturated rings. The molecule has 0 saturated carbocycles. The molecule has 2 aromatic rings. The zero-order chi connectivity index (χ0) is 18.5. The second-order valence-corrected chi connectivity index (χ2v) is 6.41. The molecule has 8 heteroatoms. The van der Waals surface area contributed by atoms with E-state index in [0.717, 1.165) is 37.3 Å². The summed E-state index contributed by atoms with van der Waals surface area (Å²) in [7, 11) is 0. The summed E-state index contributed by atoms with van der Waals surface area (Å²) < 4.78 is 1.83. The zero-order valence-corrected chi connectivity index (χ0v) is 15.2. The maximum absolute atomic E-state index is 12.2. The van der Waals surface area contributed by atoms with Crippen molar-refractivity contribution in [3.8, 4) is 0 Å². The summed E-state index contributed by atoms with van der Waals surface area (Å²) in [6.45, 7) is 4.88. The minimum Gasteiger partial charge on any atom is -0.349 e. The molecule has 0 radical (unpaired) electrons. The number of nitrogens with one attached hydrogen (secondary N) is 1.